The third kappa shape index (κ3) is 2.48. The average molecular weight is 337 g/mol. The Morgan fingerprint density at radius 1 is 1.20 bits per heavy atom. The summed E-state index contributed by atoms with van der Waals surface area (Å²) < 4.78 is 7.42. The predicted octanol–water partition coefficient (Wildman–Crippen LogP) is 3.26. The topological polar surface area (TPSA) is 64.3 Å². The first kappa shape index (κ1) is 16.0. The molecule has 3 unspecified atom stereocenters. The molecule has 6 heteroatoms. The lowest BCUT2D eigenvalue weighted by molar-refractivity contribution is -0.126. The van der Waals surface area contributed by atoms with E-state index in [0.717, 1.165) is 17.1 Å². The van der Waals surface area contributed by atoms with E-state index >= 15 is 0 Å². The summed E-state index contributed by atoms with van der Waals surface area (Å²) in [6.45, 7) is 6.68. The van der Waals surface area contributed by atoms with Gasteiger partial charge in [-0.3, -0.25) is 0 Å². The molecule has 0 aliphatic heterocycles. The van der Waals surface area contributed by atoms with Crippen molar-refractivity contribution in [2.45, 2.75) is 32.9 Å². The Morgan fingerprint density at radius 3 is 2.64 bits per heavy atom. The van der Waals surface area contributed by atoms with E-state index in [9.17, 15) is 0 Å². The lowest BCUT2D eigenvalue weighted by atomic mass is 9.58. The average Bonchev–Trinajstić information content (AvgIpc) is 3.09. The molecule has 1 aliphatic rings. The smallest absolute Gasteiger partial charge is 0.254 e. The first-order valence-corrected chi connectivity index (χ1v) is 8.58. The van der Waals surface area contributed by atoms with Gasteiger partial charge >= 0.3 is 0 Å². The van der Waals surface area contributed by atoms with E-state index in [2.05, 4.69) is 53.3 Å². The summed E-state index contributed by atoms with van der Waals surface area (Å²) in [6, 6.07) is 12.5. The third-order valence-electron chi connectivity index (χ3n) is 5.42. The second kappa shape index (κ2) is 5.81. The number of anilines is 1. The maximum Gasteiger partial charge on any atom is 0.254 e. The second-order valence-electron chi connectivity index (χ2n) is 7.32. The number of aromatic nitrogens is 4. The van der Waals surface area contributed by atoms with Crippen molar-refractivity contribution in [2.24, 2.45) is 11.3 Å². The molecule has 0 saturated heterocycles. The third-order valence-corrected chi connectivity index (χ3v) is 5.42. The minimum Gasteiger partial charge on any atom is -0.380 e. The zero-order valence-corrected chi connectivity index (χ0v) is 15.0. The van der Waals surface area contributed by atoms with Gasteiger partial charge < -0.3 is 10.1 Å². The van der Waals surface area contributed by atoms with Crippen LogP contribution in [0.4, 0.5) is 5.82 Å². The second-order valence-corrected chi connectivity index (χ2v) is 7.32. The van der Waals surface area contributed by atoms with Crippen molar-refractivity contribution in [1.82, 2.24) is 19.6 Å². The van der Waals surface area contributed by atoms with Crippen molar-refractivity contribution >= 4 is 11.6 Å². The fourth-order valence-electron chi connectivity index (χ4n) is 4.26. The van der Waals surface area contributed by atoms with Crippen LogP contribution < -0.4 is 5.32 Å². The van der Waals surface area contributed by atoms with Crippen LogP contribution in [0.25, 0.3) is 17.0 Å². The van der Waals surface area contributed by atoms with Crippen molar-refractivity contribution in [1.29, 1.82) is 0 Å². The van der Waals surface area contributed by atoms with Gasteiger partial charge in [0.2, 0.25) is 0 Å². The molecule has 1 aromatic carbocycles. The highest BCUT2D eigenvalue weighted by Gasteiger charge is 2.54. The highest BCUT2D eigenvalue weighted by Crippen LogP contribution is 2.48. The highest BCUT2D eigenvalue weighted by molar-refractivity contribution is 5.65. The molecule has 0 radical (unpaired) electrons. The number of hydrogen-bond acceptors (Lipinski definition) is 5. The molecule has 1 N–H and O–H groups in total. The molecule has 4 rings (SSSR count). The van der Waals surface area contributed by atoms with Crippen LogP contribution >= 0.6 is 0 Å². The van der Waals surface area contributed by atoms with Crippen molar-refractivity contribution in [3.63, 3.8) is 0 Å². The minimum absolute atomic E-state index is 0.0389. The summed E-state index contributed by atoms with van der Waals surface area (Å²) in [5.41, 5.74) is 1.99. The van der Waals surface area contributed by atoms with E-state index in [1.807, 2.05) is 24.3 Å². The molecule has 6 nitrogen and oxygen atoms in total. The molecular weight excluding hydrogens is 314 g/mol. The van der Waals surface area contributed by atoms with Gasteiger partial charge in [-0.2, -0.15) is 14.6 Å². The first-order valence-electron chi connectivity index (χ1n) is 8.58. The summed E-state index contributed by atoms with van der Waals surface area (Å²) in [6.07, 6.45) is 1.78. The lowest BCUT2D eigenvalue weighted by Crippen LogP contribution is -2.64. The van der Waals surface area contributed by atoms with Crippen LogP contribution in [0.1, 0.15) is 20.8 Å². The molecule has 130 valence electrons. The zero-order chi connectivity index (χ0) is 17.6. The van der Waals surface area contributed by atoms with Gasteiger partial charge in [-0.15, -0.1) is 0 Å². The Balaban J connectivity index is 1.73. The normalized spacial score (nSPS) is 24.9. The Kier molecular flexibility index (Phi) is 3.72. The molecule has 1 saturated carbocycles. The van der Waals surface area contributed by atoms with Gasteiger partial charge in [-0.1, -0.05) is 51.1 Å². The fourth-order valence-corrected chi connectivity index (χ4v) is 4.26. The Bertz CT molecular complexity index is 889. The van der Waals surface area contributed by atoms with Crippen molar-refractivity contribution in [3.8, 4) is 11.3 Å². The van der Waals surface area contributed by atoms with Crippen LogP contribution in [-0.2, 0) is 4.74 Å². The number of nitrogens with one attached hydrogen (secondary N) is 1. The molecule has 0 spiro atoms. The number of rotatable bonds is 4. The maximum atomic E-state index is 5.66. The Hall–Kier alpha value is -2.47. The van der Waals surface area contributed by atoms with Gasteiger partial charge in [0.1, 0.15) is 12.1 Å². The van der Waals surface area contributed by atoms with Crippen molar-refractivity contribution in [3.05, 3.63) is 42.7 Å². The quantitative estimate of drug-likeness (QED) is 0.791. The van der Waals surface area contributed by atoms with E-state index in [1.165, 1.54) is 6.33 Å². The van der Waals surface area contributed by atoms with E-state index in [-0.39, 0.29) is 17.6 Å². The maximum absolute atomic E-state index is 5.66. The number of hydrogen-bond donors (Lipinski definition) is 1. The molecule has 2 heterocycles. The highest BCUT2D eigenvalue weighted by atomic mass is 16.5. The molecule has 1 aliphatic carbocycles. The van der Waals surface area contributed by atoms with E-state index in [4.69, 9.17) is 4.74 Å². The van der Waals surface area contributed by atoms with Crippen LogP contribution in [0.2, 0.25) is 0 Å². The van der Waals surface area contributed by atoms with Gasteiger partial charge in [-0.05, 0) is 0 Å². The molecule has 0 bridgehead atoms. The van der Waals surface area contributed by atoms with Crippen LogP contribution in [0.15, 0.2) is 42.7 Å². The van der Waals surface area contributed by atoms with Gasteiger partial charge in [0.05, 0.1) is 11.8 Å². The Morgan fingerprint density at radius 2 is 1.96 bits per heavy atom. The molecule has 0 amide bonds. The van der Waals surface area contributed by atoms with E-state index < -0.39 is 0 Å². The predicted molar refractivity (Wildman–Crippen MR) is 97.4 cm³/mol. The largest absolute Gasteiger partial charge is 0.380 e. The summed E-state index contributed by atoms with van der Waals surface area (Å²) in [5.74, 6) is 1.91. The monoisotopic (exact) mass is 337 g/mol. The number of benzene rings is 1. The van der Waals surface area contributed by atoms with Crippen LogP contribution in [0, 0.1) is 11.3 Å². The lowest BCUT2D eigenvalue weighted by Gasteiger charge is -2.56. The number of ether oxygens (including phenoxy) is 1. The summed E-state index contributed by atoms with van der Waals surface area (Å²) in [7, 11) is 1.79. The van der Waals surface area contributed by atoms with Crippen LogP contribution in [0.3, 0.4) is 0 Å². The van der Waals surface area contributed by atoms with Crippen LogP contribution in [-0.4, -0.2) is 38.8 Å². The number of methoxy groups -OCH3 is 1. The molecule has 1 fully saturated rings. The number of nitrogens with zero attached hydrogens (tertiary/aromatic N) is 4. The Labute approximate surface area is 147 Å². The molecule has 2 aromatic heterocycles. The standard InChI is InChI=1S/C19H23N5O/c1-12-16(19(2,3)17(12)25-4)23-15-10-14(13-8-6-5-7-9-13)22-18-20-11-21-24(15)18/h5-12,16-17,23H,1-4H3. The van der Waals surface area contributed by atoms with Gasteiger partial charge in [0.15, 0.2) is 0 Å². The zero-order valence-electron chi connectivity index (χ0n) is 15.0. The minimum atomic E-state index is 0.0389. The fraction of sp³-hybridized carbons (Fsp3) is 0.421. The summed E-state index contributed by atoms with van der Waals surface area (Å²) >= 11 is 0. The number of fused-ring (bicyclic) bond motifs is 1. The molecule has 25 heavy (non-hydrogen) atoms. The SMILES string of the molecule is COC1C(C)C(Nc2cc(-c3ccccc3)nc3ncnn23)C1(C)C. The summed E-state index contributed by atoms with van der Waals surface area (Å²) in [4.78, 5) is 8.91. The van der Waals surface area contributed by atoms with Gasteiger partial charge in [0.25, 0.3) is 5.78 Å². The van der Waals surface area contributed by atoms with Crippen molar-refractivity contribution in [2.75, 3.05) is 12.4 Å². The first-order chi connectivity index (χ1) is 12.0. The van der Waals surface area contributed by atoms with Crippen LogP contribution in [0.5, 0.6) is 0 Å². The van der Waals surface area contributed by atoms with E-state index in [1.54, 1.807) is 11.6 Å². The molecule has 3 atom stereocenters. The van der Waals surface area contributed by atoms with E-state index in [0.29, 0.717) is 11.7 Å². The molecular formula is C19H23N5O. The summed E-state index contributed by atoms with van der Waals surface area (Å²) in [5, 5.41) is 7.99. The van der Waals surface area contributed by atoms with Gasteiger partial charge in [-0.25, -0.2) is 4.98 Å². The van der Waals surface area contributed by atoms with Gasteiger partial charge in [0, 0.05) is 36.1 Å². The molecule has 3 aromatic rings. The van der Waals surface area contributed by atoms with Crippen molar-refractivity contribution < 1.29 is 4.74 Å².